The second-order valence-electron chi connectivity index (χ2n) is 9.80. The number of fused-ring (bicyclic) bond motifs is 1. The van der Waals surface area contributed by atoms with Crippen LogP contribution in [0.4, 0.5) is 0 Å². The van der Waals surface area contributed by atoms with Crippen molar-refractivity contribution in [2.75, 3.05) is 0 Å². The molecular formula is C22H31N5O. The van der Waals surface area contributed by atoms with Gasteiger partial charge in [0.1, 0.15) is 6.33 Å². The van der Waals surface area contributed by atoms with E-state index >= 15 is 0 Å². The monoisotopic (exact) mass is 381 g/mol. The zero-order valence-corrected chi connectivity index (χ0v) is 17.2. The second-order valence-corrected chi connectivity index (χ2v) is 9.80. The number of aryl methyl sites for hydroxylation is 2. The fourth-order valence-corrected chi connectivity index (χ4v) is 6.93. The molecule has 6 nitrogen and oxygen atoms in total. The van der Waals surface area contributed by atoms with Crippen LogP contribution in [0.15, 0.2) is 6.33 Å². The summed E-state index contributed by atoms with van der Waals surface area (Å²) in [5.74, 6) is 3.53. The first-order chi connectivity index (χ1) is 13.4. The van der Waals surface area contributed by atoms with Gasteiger partial charge in [0.2, 0.25) is 5.91 Å². The predicted octanol–water partition coefficient (Wildman–Crippen LogP) is 3.39. The summed E-state index contributed by atoms with van der Waals surface area (Å²) < 4.78 is 1.76. The van der Waals surface area contributed by atoms with Gasteiger partial charge in [-0.1, -0.05) is 0 Å². The van der Waals surface area contributed by atoms with Crippen molar-refractivity contribution in [1.82, 2.24) is 24.9 Å². The minimum atomic E-state index is 0.167. The standard InChI is InChI=1S/C22H31N5O/c1-13-19(14(2)27-21(25-13)23-12-24-27)4-5-20(28)26-15(3)22-9-16-6-17(10-22)8-18(7-16)11-22/h12,15-18H,4-11H2,1-3H3,(H,26,28)/t15-,16?,17?,18?,22?/m1/s1. The molecule has 0 radical (unpaired) electrons. The lowest BCUT2D eigenvalue weighted by molar-refractivity contribution is -0.125. The zero-order valence-electron chi connectivity index (χ0n) is 17.2. The molecule has 4 saturated carbocycles. The van der Waals surface area contributed by atoms with Gasteiger partial charge in [0, 0.05) is 23.9 Å². The van der Waals surface area contributed by atoms with Crippen molar-refractivity contribution in [2.24, 2.45) is 23.2 Å². The number of nitrogens with zero attached hydrogens (tertiary/aromatic N) is 4. The first-order valence-electron chi connectivity index (χ1n) is 10.9. The van der Waals surface area contributed by atoms with Gasteiger partial charge >= 0.3 is 0 Å². The fraction of sp³-hybridized carbons (Fsp3) is 0.727. The van der Waals surface area contributed by atoms with E-state index in [1.54, 1.807) is 4.52 Å². The summed E-state index contributed by atoms with van der Waals surface area (Å²) in [4.78, 5) is 21.5. The third-order valence-corrected chi connectivity index (χ3v) is 7.97. The van der Waals surface area contributed by atoms with Crippen LogP contribution in [0.3, 0.4) is 0 Å². The fourth-order valence-electron chi connectivity index (χ4n) is 6.93. The lowest BCUT2D eigenvalue weighted by atomic mass is 9.48. The van der Waals surface area contributed by atoms with E-state index < -0.39 is 0 Å². The Morgan fingerprint density at radius 2 is 1.86 bits per heavy atom. The van der Waals surface area contributed by atoms with Gasteiger partial charge in [0.15, 0.2) is 0 Å². The number of hydrogen-bond donors (Lipinski definition) is 1. The van der Waals surface area contributed by atoms with E-state index in [0.29, 0.717) is 24.0 Å². The lowest BCUT2D eigenvalue weighted by Gasteiger charge is -2.59. The summed E-state index contributed by atoms with van der Waals surface area (Å²) in [6, 6.07) is 0.284. The molecule has 4 aliphatic rings. The Kier molecular flexibility index (Phi) is 4.21. The molecule has 4 fully saturated rings. The number of hydrogen-bond acceptors (Lipinski definition) is 4. The van der Waals surface area contributed by atoms with Crippen LogP contribution in [0.25, 0.3) is 5.78 Å². The van der Waals surface area contributed by atoms with Gasteiger partial charge in [0.05, 0.1) is 0 Å². The summed E-state index contributed by atoms with van der Waals surface area (Å²) >= 11 is 0. The van der Waals surface area contributed by atoms with Crippen molar-refractivity contribution in [2.45, 2.75) is 78.2 Å². The van der Waals surface area contributed by atoms with Gasteiger partial charge in [-0.3, -0.25) is 4.79 Å². The molecule has 0 unspecified atom stereocenters. The first-order valence-corrected chi connectivity index (χ1v) is 10.9. The highest BCUT2D eigenvalue weighted by Gasteiger charge is 2.53. The molecule has 0 aromatic carbocycles. The van der Waals surface area contributed by atoms with E-state index in [-0.39, 0.29) is 11.9 Å². The largest absolute Gasteiger partial charge is 0.353 e. The summed E-state index contributed by atoms with van der Waals surface area (Å²) in [5.41, 5.74) is 3.44. The lowest BCUT2D eigenvalue weighted by Crippen LogP contribution is -2.55. The van der Waals surface area contributed by atoms with Crippen LogP contribution in [-0.4, -0.2) is 31.5 Å². The highest BCUT2D eigenvalue weighted by molar-refractivity contribution is 5.76. The Morgan fingerprint density at radius 3 is 2.50 bits per heavy atom. The Bertz CT molecular complexity index is 882. The number of rotatable bonds is 5. The van der Waals surface area contributed by atoms with Gasteiger partial charge in [-0.2, -0.15) is 10.1 Å². The highest BCUT2D eigenvalue weighted by atomic mass is 16.1. The van der Waals surface area contributed by atoms with Gasteiger partial charge in [0.25, 0.3) is 5.78 Å². The van der Waals surface area contributed by atoms with E-state index in [9.17, 15) is 4.79 Å². The predicted molar refractivity (Wildman–Crippen MR) is 107 cm³/mol. The number of carbonyl (C=O) groups is 1. The Balaban J connectivity index is 1.25. The number of aromatic nitrogens is 4. The van der Waals surface area contributed by atoms with Gasteiger partial charge < -0.3 is 5.32 Å². The van der Waals surface area contributed by atoms with E-state index in [1.807, 2.05) is 13.8 Å². The van der Waals surface area contributed by atoms with Crippen LogP contribution in [-0.2, 0) is 11.2 Å². The first kappa shape index (κ1) is 18.1. The van der Waals surface area contributed by atoms with E-state index in [0.717, 1.165) is 34.7 Å². The van der Waals surface area contributed by atoms with Crippen molar-refractivity contribution in [3.8, 4) is 0 Å². The number of nitrogens with one attached hydrogen (secondary N) is 1. The Morgan fingerprint density at radius 1 is 1.21 bits per heavy atom. The molecule has 4 aliphatic carbocycles. The van der Waals surface area contributed by atoms with Gasteiger partial charge in [-0.15, -0.1) is 0 Å². The highest BCUT2D eigenvalue weighted by Crippen LogP contribution is 2.61. The molecule has 0 saturated heterocycles. The van der Waals surface area contributed by atoms with Crippen molar-refractivity contribution >= 4 is 11.7 Å². The minimum Gasteiger partial charge on any atom is -0.353 e. The SMILES string of the molecule is Cc1nc2ncnn2c(C)c1CCC(=O)N[C@H](C)C12CC3CC(CC(C3)C1)C2. The Labute approximate surface area is 166 Å². The molecule has 2 aromatic rings. The normalized spacial score (nSPS) is 32.0. The summed E-state index contributed by atoms with van der Waals surface area (Å²) in [6.45, 7) is 6.28. The topological polar surface area (TPSA) is 72.2 Å². The van der Waals surface area contributed by atoms with Crippen molar-refractivity contribution < 1.29 is 4.79 Å². The summed E-state index contributed by atoms with van der Waals surface area (Å²) in [6.07, 6.45) is 11.0. The van der Waals surface area contributed by atoms with Crippen LogP contribution in [0.2, 0.25) is 0 Å². The minimum absolute atomic E-state index is 0.167. The average molecular weight is 382 g/mol. The van der Waals surface area contributed by atoms with E-state index in [2.05, 4.69) is 27.3 Å². The smallest absolute Gasteiger partial charge is 0.252 e. The van der Waals surface area contributed by atoms with Crippen LogP contribution >= 0.6 is 0 Å². The molecule has 6 heteroatoms. The molecule has 150 valence electrons. The third-order valence-electron chi connectivity index (χ3n) is 7.97. The molecular weight excluding hydrogens is 350 g/mol. The summed E-state index contributed by atoms with van der Waals surface area (Å²) in [5, 5.41) is 7.63. The van der Waals surface area contributed by atoms with Crippen LogP contribution in [0, 0.1) is 37.0 Å². The Hall–Kier alpha value is -1.98. The maximum absolute atomic E-state index is 12.8. The quantitative estimate of drug-likeness (QED) is 0.862. The van der Waals surface area contributed by atoms with Crippen molar-refractivity contribution in [1.29, 1.82) is 0 Å². The average Bonchev–Trinajstić information content (AvgIpc) is 3.08. The van der Waals surface area contributed by atoms with Crippen molar-refractivity contribution in [3.63, 3.8) is 0 Å². The molecule has 28 heavy (non-hydrogen) atoms. The molecule has 1 atom stereocenters. The summed E-state index contributed by atoms with van der Waals surface area (Å²) in [7, 11) is 0. The molecule has 1 amide bonds. The van der Waals surface area contributed by atoms with Gasteiger partial charge in [-0.25, -0.2) is 9.50 Å². The molecule has 4 bridgehead atoms. The second kappa shape index (κ2) is 6.53. The van der Waals surface area contributed by atoms with Crippen LogP contribution in [0.1, 0.15) is 68.8 Å². The van der Waals surface area contributed by atoms with E-state index in [4.69, 9.17) is 0 Å². The van der Waals surface area contributed by atoms with Crippen LogP contribution < -0.4 is 5.32 Å². The third kappa shape index (κ3) is 2.92. The van der Waals surface area contributed by atoms with Crippen molar-refractivity contribution in [3.05, 3.63) is 23.3 Å². The molecule has 2 aromatic heterocycles. The molecule has 1 N–H and O–H groups in total. The molecule has 0 aliphatic heterocycles. The molecule has 2 heterocycles. The maximum atomic E-state index is 12.8. The number of amides is 1. The van der Waals surface area contributed by atoms with Crippen LogP contribution in [0.5, 0.6) is 0 Å². The zero-order chi connectivity index (χ0) is 19.5. The van der Waals surface area contributed by atoms with Gasteiger partial charge in [-0.05, 0) is 94.4 Å². The van der Waals surface area contributed by atoms with E-state index in [1.165, 1.54) is 44.9 Å². The number of carbonyl (C=O) groups excluding carboxylic acids is 1. The molecule has 6 rings (SSSR count). The maximum Gasteiger partial charge on any atom is 0.252 e. The molecule has 0 spiro atoms.